The van der Waals surface area contributed by atoms with E-state index in [4.69, 9.17) is 14.2 Å². The zero-order valence-electron chi connectivity index (χ0n) is 18.7. The van der Waals surface area contributed by atoms with Crippen LogP contribution in [0.5, 0.6) is 23.1 Å². The number of hydrogen-bond donors (Lipinski definition) is 2. The molecule has 0 bridgehead atoms. The third-order valence-electron chi connectivity index (χ3n) is 4.45. The third-order valence-corrected chi connectivity index (χ3v) is 4.45. The fraction of sp³-hybridized carbons (Fsp3) is 0.250. The fourth-order valence-electron chi connectivity index (χ4n) is 2.85. The average molecular weight is 566 g/mol. The van der Waals surface area contributed by atoms with E-state index in [1.165, 1.54) is 12.1 Å². The summed E-state index contributed by atoms with van der Waals surface area (Å²) in [7, 11) is 3.32. The van der Waals surface area contributed by atoms with Crippen molar-refractivity contribution in [1.82, 2.24) is 15.6 Å². The van der Waals surface area contributed by atoms with Gasteiger partial charge in [-0.3, -0.25) is 4.99 Å². The number of pyridine rings is 1. The predicted molar refractivity (Wildman–Crippen MR) is 137 cm³/mol. The van der Waals surface area contributed by atoms with Gasteiger partial charge in [-0.2, -0.15) is 0 Å². The number of halogens is 2. The van der Waals surface area contributed by atoms with E-state index in [2.05, 4.69) is 20.6 Å². The topological polar surface area (TPSA) is 77.0 Å². The van der Waals surface area contributed by atoms with Crippen molar-refractivity contribution in [2.75, 3.05) is 20.7 Å². The minimum Gasteiger partial charge on any atom is -0.493 e. The summed E-state index contributed by atoms with van der Waals surface area (Å²) in [5.41, 5.74) is 0.942. The minimum atomic E-state index is -0.357. The number of nitrogens with one attached hydrogen (secondary N) is 2. The second-order valence-corrected chi connectivity index (χ2v) is 6.95. The molecular weight excluding hydrogens is 538 g/mol. The molecule has 0 saturated carbocycles. The zero-order valence-corrected chi connectivity index (χ0v) is 21.1. The maximum Gasteiger partial charge on any atom is 0.219 e. The molecule has 176 valence electrons. The van der Waals surface area contributed by atoms with Crippen molar-refractivity contribution in [3.05, 3.63) is 78.2 Å². The van der Waals surface area contributed by atoms with Gasteiger partial charge in [-0.1, -0.05) is 24.3 Å². The van der Waals surface area contributed by atoms with Crippen molar-refractivity contribution in [1.29, 1.82) is 0 Å². The number of rotatable bonds is 9. The quantitative estimate of drug-likeness (QED) is 0.221. The molecule has 0 spiro atoms. The van der Waals surface area contributed by atoms with E-state index in [1.807, 2.05) is 37.3 Å². The van der Waals surface area contributed by atoms with Crippen LogP contribution in [0.25, 0.3) is 0 Å². The standard InChI is InChI=1S/C24H27FN4O3.HI/c1-17(31-22-10-5-4-9-21(22)30-3)14-28-24(26-2)29-16-18-11-12-23(27-15-18)32-20-8-6-7-19(25)13-20;/h4-13,15,17H,14,16H2,1-3H3,(H2,26,28,29);1H. The minimum absolute atomic E-state index is 0. The smallest absolute Gasteiger partial charge is 0.219 e. The Morgan fingerprint density at radius 1 is 1.06 bits per heavy atom. The number of methoxy groups -OCH3 is 1. The number of benzene rings is 2. The van der Waals surface area contributed by atoms with Crippen LogP contribution in [0.3, 0.4) is 0 Å². The van der Waals surface area contributed by atoms with E-state index < -0.39 is 0 Å². The molecule has 1 atom stereocenters. The molecular formula is C24H28FIN4O3. The molecule has 3 rings (SSSR count). The highest BCUT2D eigenvalue weighted by Crippen LogP contribution is 2.26. The van der Waals surface area contributed by atoms with Crippen LogP contribution in [0.2, 0.25) is 0 Å². The summed E-state index contributed by atoms with van der Waals surface area (Å²) in [6, 6.07) is 17.1. The van der Waals surface area contributed by atoms with Crippen LogP contribution in [0.15, 0.2) is 71.9 Å². The number of ether oxygens (including phenoxy) is 3. The van der Waals surface area contributed by atoms with Crippen LogP contribution in [-0.4, -0.2) is 37.7 Å². The summed E-state index contributed by atoms with van der Waals surface area (Å²) in [6.45, 7) is 3.04. The van der Waals surface area contributed by atoms with Gasteiger partial charge in [0.2, 0.25) is 5.88 Å². The first-order chi connectivity index (χ1) is 15.6. The Hall–Kier alpha value is -3.08. The van der Waals surface area contributed by atoms with Crippen molar-refractivity contribution >= 4 is 29.9 Å². The van der Waals surface area contributed by atoms with Gasteiger partial charge in [-0.15, -0.1) is 24.0 Å². The molecule has 3 aromatic rings. The Bertz CT molecular complexity index is 1030. The Labute approximate surface area is 210 Å². The molecule has 2 N–H and O–H groups in total. The van der Waals surface area contributed by atoms with E-state index in [0.29, 0.717) is 42.2 Å². The lowest BCUT2D eigenvalue weighted by molar-refractivity contribution is 0.213. The highest BCUT2D eigenvalue weighted by atomic mass is 127. The largest absolute Gasteiger partial charge is 0.493 e. The molecule has 7 nitrogen and oxygen atoms in total. The van der Waals surface area contributed by atoms with Crippen LogP contribution < -0.4 is 24.8 Å². The van der Waals surface area contributed by atoms with Crippen LogP contribution in [0.4, 0.5) is 4.39 Å². The van der Waals surface area contributed by atoms with Crippen LogP contribution in [0, 0.1) is 5.82 Å². The van der Waals surface area contributed by atoms with Crippen molar-refractivity contribution in [2.45, 2.75) is 19.6 Å². The summed E-state index contributed by atoms with van der Waals surface area (Å²) < 4.78 is 30.1. The first-order valence-electron chi connectivity index (χ1n) is 10.2. The molecule has 0 saturated heterocycles. The number of guanidine groups is 1. The van der Waals surface area contributed by atoms with Crippen LogP contribution >= 0.6 is 24.0 Å². The van der Waals surface area contributed by atoms with Gasteiger partial charge in [0.05, 0.1) is 13.7 Å². The molecule has 33 heavy (non-hydrogen) atoms. The molecule has 1 unspecified atom stereocenters. The fourth-order valence-corrected chi connectivity index (χ4v) is 2.85. The molecule has 2 aromatic carbocycles. The van der Waals surface area contributed by atoms with E-state index >= 15 is 0 Å². The first-order valence-corrected chi connectivity index (χ1v) is 10.2. The maximum absolute atomic E-state index is 13.3. The molecule has 0 amide bonds. The Kier molecular flexibility index (Phi) is 10.7. The van der Waals surface area contributed by atoms with Crippen LogP contribution in [-0.2, 0) is 6.54 Å². The summed E-state index contributed by atoms with van der Waals surface area (Å²) in [4.78, 5) is 8.50. The van der Waals surface area contributed by atoms with Crippen molar-refractivity contribution in [3.63, 3.8) is 0 Å². The molecule has 0 aliphatic rings. The maximum atomic E-state index is 13.3. The first kappa shape index (κ1) is 26.2. The summed E-state index contributed by atoms with van der Waals surface area (Å²) in [5.74, 6) is 2.46. The number of para-hydroxylation sites is 2. The summed E-state index contributed by atoms with van der Waals surface area (Å²) >= 11 is 0. The SMILES string of the molecule is CN=C(NCc1ccc(Oc2cccc(F)c2)nc1)NCC(C)Oc1ccccc1OC.I. The van der Waals surface area contributed by atoms with Gasteiger partial charge >= 0.3 is 0 Å². The number of aliphatic imine (C=N–C) groups is 1. The summed E-state index contributed by atoms with van der Waals surface area (Å²) in [5, 5.41) is 6.47. The van der Waals surface area contributed by atoms with Gasteiger partial charge in [0.1, 0.15) is 17.7 Å². The van der Waals surface area contributed by atoms with Crippen molar-refractivity contribution < 1.29 is 18.6 Å². The van der Waals surface area contributed by atoms with E-state index in [1.54, 1.807) is 38.6 Å². The van der Waals surface area contributed by atoms with Gasteiger partial charge in [-0.25, -0.2) is 9.37 Å². The highest BCUT2D eigenvalue weighted by Gasteiger charge is 2.09. The van der Waals surface area contributed by atoms with Gasteiger partial charge in [0.25, 0.3) is 0 Å². The van der Waals surface area contributed by atoms with Gasteiger partial charge in [0.15, 0.2) is 17.5 Å². The summed E-state index contributed by atoms with van der Waals surface area (Å²) in [6.07, 6.45) is 1.59. The number of nitrogens with zero attached hydrogens (tertiary/aromatic N) is 2. The lowest BCUT2D eigenvalue weighted by Gasteiger charge is -2.19. The lowest BCUT2D eigenvalue weighted by atomic mass is 10.3. The molecule has 0 fully saturated rings. The third kappa shape index (κ3) is 8.41. The molecule has 0 aliphatic carbocycles. The van der Waals surface area contributed by atoms with Crippen molar-refractivity contribution in [2.24, 2.45) is 4.99 Å². The number of aromatic nitrogens is 1. The second kappa shape index (κ2) is 13.5. The monoisotopic (exact) mass is 566 g/mol. The Balaban J connectivity index is 0.00000385. The molecule has 0 aliphatic heterocycles. The lowest BCUT2D eigenvalue weighted by Crippen LogP contribution is -2.41. The Morgan fingerprint density at radius 3 is 2.52 bits per heavy atom. The Morgan fingerprint density at radius 2 is 1.85 bits per heavy atom. The number of hydrogen-bond acceptors (Lipinski definition) is 5. The van der Waals surface area contributed by atoms with E-state index in [0.717, 1.165) is 5.56 Å². The average Bonchev–Trinajstić information content (AvgIpc) is 2.80. The molecule has 1 aromatic heterocycles. The highest BCUT2D eigenvalue weighted by molar-refractivity contribution is 14.0. The predicted octanol–water partition coefficient (Wildman–Crippen LogP) is 4.77. The van der Waals surface area contributed by atoms with Gasteiger partial charge < -0.3 is 24.8 Å². The molecule has 0 radical (unpaired) electrons. The van der Waals surface area contributed by atoms with Crippen LogP contribution in [0.1, 0.15) is 12.5 Å². The molecule has 9 heteroatoms. The van der Waals surface area contributed by atoms with Crippen molar-refractivity contribution in [3.8, 4) is 23.1 Å². The van der Waals surface area contributed by atoms with E-state index in [9.17, 15) is 4.39 Å². The van der Waals surface area contributed by atoms with Gasteiger partial charge in [0, 0.05) is 31.9 Å². The molecule has 1 heterocycles. The second-order valence-electron chi connectivity index (χ2n) is 6.95. The normalized spacial score (nSPS) is 11.7. The van der Waals surface area contributed by atoms with Gasteiger partial charge in [-0.05, 0) is 36.8 Å². The zero-order chi connectivity index (χ0) is 22.8. The van der Waals surface area contributed by atoms with E-state index in [-0.39, 0.29) is 35.9 Å².